The van der Waals surface area contributed by atoms with Gasteiger partial charge in [0, 0.05) is 4.88 Å². The Kier molecular flexibility index (Phi) is 3.76. The number of rotatable bonds is 4. The normalized spacial score (nSPS) is 10.2. The second-order valence-electron chi connectivity index (χ2n) is 3.73. The van der Waals surface area contributed by atoms with Gasteiger partial charge in [-0.15, -0.1) is 11.3 Å². The van der Waals surface area contributed by atoms with Crippen molar-refractivity contribution in [2.45, 2.75) is 13.5 Å². The second-order valence-corrected chi connectivity index (χ2v) is 5.20. The van der Waals surface area contributed by atoms with Gasteiger partial charge >= 0.3 is 0 Å². The van der Waals surface area contributed by atoms with Crippen LogP contribution in [-0.4, -0.2) is 4.99 Å². The summed E-state index contributed by atoms with van der Waals surface area (Å²) < 4.78 is 5.74. The Bertz CT molecular complexity index is 520. The van der Waals surface area contributed by atoms with Gasteiger partial charge in [-0.1, -0.05) is 29.9 Å². The van der Waals surface area contributed by atoms with Crippen LogP contribution in [0.15, 0.2) is 35.7 Å². The molecule has 0 fully saturated rings. The van der Waals surface area contributed by atoms with E-state index in [1.165, 1.54) is 4.88 Å². The second kappa shape index (κ2) is 5.29. The molecule has 0 atom stereocenters. The maximum atomic E-state index is 5.74. The van der Waals surface area contributed by atoms with Crippen molar-refractivity contribution in [1.29, 1.82) is 0 Å². The molecule has 1 heterocycles. The van der Waals surface area contributed by atoms with E-state index in [2.05, 4.69) is 0 Å². The van der Waals surface area contributed by atoms with Crippen LogP contribution in [0.2, 0.25) is 0 Å². The van der Waals surface area contributed by atoms with Gasteiger partial charge in [-0.2, -0.15) is 0 Å². The topological polar surface area (TPSA) is 35.2 Å². The number of nitrogens with two attached hydrogens (primary N) is 1. The Morgan fingerprint density at radius 1 is 1.41 bits per heavy atom. The van der Waals surface area contributed by atoms with Crippen molar-refractivity contribution in [2.24, 2.45) is 5.73 Å². The van der Waals surface area contributed by atoms with Crippen molar-refractivity contribution in [2.75, 3.05) is 0 Å². The molecule has 0 aliphatic rings. The number of hydrogen-bond acceptors (Lipinski definition) is 3. The Balaban J connectivity index is 2.17. The quantitative estimate of drug-likeness (QED) is 0.860. The molecule has 2 rings (SSSR count). The van der Waals surface area contributed by atoms with Crippen molar-refractivity contribution in [3.63, 3.8) is 0 Å². The summed E-state index contributed by atoms with van der Waals surface area (Å²) in [5, 5.41) is 2.03. The monoisotopic (exact) mass is 263 g/mol. The van der Waals surface area contributed by atoms with E-state index in [9.17, 15) is 0 Å². The number of thiophene rings is 1. The van der Waals surface area contributed by atoms with Crippen LogP contribution in [0, 0.1) is 6.92 Å². The lowest BCUT2D eigenvalue weighted by molar-refractivity contribution is 0.309. The molecule has 0 spiro atoms. The molecule has 17 heavy (non-hydrogen) atoms. The molecule has 0 bridgehead atoms. The van der Waals surface area contributed by atoms with Gasteiger partial charge in [-0.25, -0.2) is 0 Å². The van der Waals surface area contributed by atoms with Crippen LogP contribution in [0.4, 0.5) is 0 Å². The summed E-state index contributed by atoms with van der Waals surface area (Å²) in [4.78, 5) is 1.55. The van der Waals surface area contributed by atoms with Crippen molar-refractivity contribution in [3.05, 3.63) is 51.7 Å². The SMILES string of the molecule is Cc1ccc(OCc2cccs2)c(C(N)=S)c1. The smallest absolute Gasteiger partial charge is 0.130 e. The summed E-state index contributed by atoms with van der Waals surface area (Å²) in [6.07, 6.45) is 0. The first-order valence-corrected chi connectivity index (χ1v) is 6.51. The average Bonchev–Trinajstić information content (AvgIpc) is 2.80. The van der Waals surface area contributed by atoms with Gasteiger partial charge in [0.05, 0.1) is 5.56 Å². The van der Waals surface area contributed by atoms with Gasteiger partial charge < -0.3 is 10.5 Å². The van der Waals surface area contributed by atoms with E-state index in [-0.39, 0.29) is 0 Å². The van der Waals surface area contributed by atoms with Gasteiger partial charge in [-0.3, -0.25) is 0 Å². The average molecular weight is 263 g/mol. The molecule has 0 aliphatic heterocycles. The lowest BCUT2D eigenvalue weighted by Gasteiger charge is -2.10. The standard InChI is InChI=1S/C13H13NOS2/c1-9-4-5-12(11(7-9)13(14)16)15-8-10-3-2-6-17-10/h2-7H,8H2,1H3,(H2,14,16). The number of aryl methyl sites for hydroxylation is 1. The van der Waals surface area contributed by atoms with Gasteiger partial charge in [0.15, 0.2) is 0 Å². The Hall–Kier alpha value is -1.39. The van der Waals surface area contributed by atoms with E-state index in [1.54, 1.807) is 11.3 Å². The summed E-state index contributed by atoms with van der Waals surface area (Å²) in [5.74, 6) is 0.747. The molecule has 2 nitrogen and oxygen atoms in total. The highest BCUT2D eigenvalue weighted by atomic mass is 32.1. The van der Waals surface area contributed by atoms with Crippen molar-refractivity contribution in [1.82, 2.24) is 0 Å². The molecule has 2 aromatic rings. The van der Waals surface area contributed by atoms with E-state index in [1.807, 2.05) is 42.6 Å². The number of ether oxygens (including phenoxy) is 1. The first-order valence-electron chi connectivity index (χ1n) is 5.22. The summed E-state index contributed by atoms with van der Waals surface area (Å²) in [7, 11) is 0. The maximum absolute atomic E-state index is 5.74. The molecule has 0 unspecified atom stereocenters. The van der Waals surface area contributed by atoms with Crippen molar-refractivity contribution in [3.8, 4) is 5.75 Å². The third-order valence-corrected chi connectivity index (χ3v) is 3.42. The molecule has 0 aliphatic carbocycles. The highest BCUT2D eigenvalue weighted by Crippen LogP contribution is 2.22. The molecule has 88 valence electrons. The third kappa shape index (κ3) is 3.05. The van der Waals surface area contributed by atoms with Crippen LogP contribution in [0.25, 0.3) is 0 Å². The van der Waals surface area contributed by atoms with Crippen LogP contribution in [0.3, 0.4) is 0 Å². The summed E-state index contributed by atoms with van der Waals surface area (Å²) in [6, 6.07) is 9.90. The zero-order chi connectivity index (χ0) is 12.3. The van der Waals surface area contributed by atoms with Crippen LogP contribution >= 0.6 is 23.6 Å². The van der Waals surface area contributed by atoms with E-state index >= 15 is 0 Å². The van der Waals surface area contributed by atoms with Gasteiger partial charge in [-0.05, 0) is 30.5 Å². The fourth-order valence-electron chi connectivity index (χ4n) is 1.51. The summed E-state index contributed by atoms with van der Waals surface area (Å²) in [6.45, 7) is 2.56. The Morgan fingerprint density at radius 3 is 2.88 bits per heavy atom. The Morgan fingerprint density at radius 2 is 2.24 bits per heavy atom. The minimum atomic E-state index is 0.370. The first kappa shape index (κ1) is 12.1. The van der Waals surface area contributed by atoms with Gasteiger partial charge in [0.1, 0.15) is 17.3 Å². The molecular formula is C13H13NOS2. The zero-order valence-corrected chi connectivity index (χ0v) is 11.1. The van der Waals surface area contributed by atoms with E-state index < -0.39 is 0 Å². The fraction of sp³-hybridized carbons (Fsp3) is 0.154. The Labute approximate surface area is 110 Å². The minimum Gasteiger partial charge on any atom is -0.487 e. The third-order valence-electron chi connectivity index (χ3n) is 2.35. The molecule has 0 radical (unpaired) electrons. The summed E-state index contributed by atoms with van der Waals surface area (Å²) >= 11 is 6.69. The molecular weight excluding hydrogens is 250 g/mol. The number of hydrogen-bond donors (Lipinski definition) is 1. The molecule has 4 heteroatoms. The maximum Gasteiger partial charge on any atom is 0.130 e. The number of thiocarbonyl (C=S) groups is 1. The largest absolute Gasteiger partial charge is 0.487 e. The predicted molar refractivity (Wildman–Crippen MR) is 75.7 cm³/mol. The molecule has 1 aromatic heterocycles. The van der Waals surface area contributed by atoms with Gasteiger partial charge in [0.25, 0.3) is 0 Å². The minimum absolute atomic E-state index is 0.370. The van der Waals surface area contributed by atoms with E-state index in [4.69, 9.17) is 22.7 Å². The molecule has 2 N–H and O–H groups in total. The van der Waals surface area contributed by atoms with Crippen LogP contribution < -0.4 is 10.5 Å². The van der Waals surface area contributed by atoms with Crippen LogP contribution in [0.5, 0.6) is 5.75 Å². The van der Waals surface area contributed by atoms with Crippen LogP contribution in [-0.2, 0) is 6.61 Å². The fourth-order valence-corrected chi connectivity index (χ4v) is 2.28. The highest BCUT2D eigenvalue weighted by molar-refractivity contribution is 7.80. The lowest BCUT2D eigenvalue weighted by Crippen LogP contribution is -2.11. The van der Waals surface area contributed by atoms with Crippen molar-refractivity contribution < 1.29 is 4.74 Å². The first-order chi connectivity index (χ1) is 8.16. The summed E-state index contributed by atoms with van der Waals surface area (Å²) in [5.41, 5.74) is 7.61. The number of benzene rings is 1. The zero-order valence-electron chi connectivity index (χ0n) is 9.47. The van der Waals surface area contributed by atoms with Crippen molar-refractivity contribution >= 4 is 28.5 Å². The van der Waals surface area contributed by atoms with E-state index in [0.29, 0.717) is 11.6 Å². The predicted octanol–water partition coefficient (Wildman–Crippen LogP) is 3.27. The molecule has 0 saturated carbocycles. The van der Waals surface area contributed by atoms with Crippen LogP contribution in [0.1, 0.15) is 16.0 Å². The lowest BCUT2D eigenvalue weighted by atomic mass is 10.1. The van der Waals surface area contributed by atoms with E-state index in [0.717, 1.165) is 16.9 Å². The molecule has 1 aromatic carbocycles. The molecule has 0 saturated heterocycles. The highest BCUT2D eigenvalue weighted by Gasteiger charge is 2.07. The molecule has 0 amide bonds. The van der Waals surface area contributed by atoms with Gasteiger partial charge in [0.2, 0.25) is 0 Å².